The normalized spacial score (nSPS) is 9.88. The minimum Gasteiger partial charge on any atom is -0.326 e. The molecule has 0 unspecified atom stereocenters. The molecule has 3 nitrogen and oxygen atoms in total. The van der Waals surface area contributed by atoms with Crippen molar-refractivity contribution in [1.82, 2.24) is 4.98 Å². The zero-order chi connectivity index (χ0) is 12.1. The number of nitrogens with zero attached hydrogens (tertiary/aromatic N) is 2. The third kappa shape index (κ3) is 2.84. The lowest BCUT2D eigenvalue weighted by molar-refractivity contribution is 1.06. The molecule has 0 fully saturated rings. The second kappa shape index (κ2) is 5.48. The number of pyridine rings is 1. The summed E-state index contributed by atoms with van der Waals surface area (Å²) in [5.41, 5.74) is 7.19. The van der Waals surface area contributed by atoms with Crippen molar-refractivity contribution < 1.29 is 0 Å². The van der Waals surface area contributed by atoms with E-state index in [1.54, 1.807) is 24.2 Å². The summed E-state index contributed by atoms with van der Waals surface area (Å²) in [5, 5.41) is 9.10. The van der Waals surface area contributed by atoms with Gasteiger partial charge < -0.3 is 5.73 Å². The third-order valence-electron chi connectivity index (χ3n) is 2.28. The van der Waals surface area contributed by atoms with E-state index in [0.717, 1.165) is 15.4 Å². The van der Waals surface area contributed by atoms with Gasteiger partial charge in [0.25, 0.3) is 0 Å². The van der Waals surface area contributed by atoms with Gasteiger partial charge in [0, 0.05) is 28.7 Å². The first kappa shape index (κ1) is 11.6. The molecular weight excluding hydrogens is 230 g/mol. The van der Waals surface area contributed by atoms with Gasteiger partial charge in [-0.15, -0.1) is 0 Å². The number of hydrogen-bond acceptors (Lipinski definition) is 4. The SMILES string of the molecule is N#Cc1cc(CN)ccc1Sc1ccncc1. The standard InChI is InChI=1S/C13H11N3S/c14-8-10-1-2-13(11(7-10)9-15)17-12-3-5-16-6-4-12/h1-7H,8,14H2. The molecule has 0 aliphatic carbocycles. The van der Waals surface area contributed by atoms with Gasteiger partial charge in [0.15, 0.2) is 0 Å². The Morgan fingerprint density at radius 3 is 2.65 bits per heavy atom. The lowest BCUT2D eigenvalue weighted by Crippen LogP contribution is -1.96. The number of hydrogen-bond donors (Lipinski definition) is 1. The van der Waals surface area contributed by atoms with Crippen LogP contribution in [-0.2, 0) is 6.54 Å². The highest BCUT2D eigenvalue weighted by atomic mass is 32.2. The van der Waals surface area contributed by atoms with E-state index in [-0.39, 0.29) is 0 Å². The van der Waals surface area contributed by atoms with Gasteiger partial charge in [0.05, 0.1) is 5.56 Å². The Morgan fingerprint density at radius 2 is 2.00 bits per heavy atom. The Kier molecular flexibility index (Phi) is 3.76. The fraction of sp³-hybridized carbons (Fsp3) is 0.0769. The van der Waals surface area contributed by atoms with E-state index in [1.807, 2.05) is 30.3 Å². The molecule has 0 bridgehead atoms. The van der Waals surface area contributed by atoms with Gasteiger partial charge in [0.2, 0.25) is 0 Å². The Labute approximate surface area is 104 Å². The van der Waals surface area contributed by atoms with E-state index in [4.69, 9.17) is 11.0 Å². The molecule has 0 atom stereocenters. The maximum Gasteiger partial charge on any atom is 0.100 e. The Balaban J connectivity index is 2.31. The molecule has 84 valence electrons. The van der Waals surface area contributed by atoms with Gasteiger partial charge >= 0.3 is 0 Å². The summed E-state index contributed by atoms with van der Waals surface area (Å²) in [5.74, 6) is 0. The smallest absolute Gasteiger partial charge is 0.100 e. The van der Waals surface area contributed by atoms with Crippen molar-refractivity contribution in [3.05, 3.63) is 53.9 Å². The second-order valence-corrected chi connectivity index (χ2v) is 4.55. The second-order valence-electron chi connectivity index (χ2n) is 3.43. The van der Waals surface area contributed by atoms with Gasteiger partial charge in [-0.05, 0) is 29.8 Å². The first-order valence-corrected chi connectivity index (χ1v) is 5.96. The number of nitrogens with two attached hydrogens (primary N) is 1. The lowest BCUT2D eigenvalue weighted by Gasteiger charge is -2.05. The van der Waals surface area contributed by atoms with E-state index >= 15 is 0 Å². The lowest BCUT2D eigenvalue weighted by atomic mass is 10.1. The molecule has 2 N–H and O–H groups in total. The molecule has 1 aromatic heterocycles. The minimum absolute atomic E-state index is 0.453. The van der Waals surface area contributed by atoms with E-state index in [9.17, 15) is 0 Å². The maximum atomic E-state index is 9.10. The van der Waals surface area contributed by atoms with E-state index in [2.05, 4.69) is 11.1 Å². The number of benzene rings is 1. The zero-order valence-electron chi connectivity index (χ0n) is 9.13. The van der Waals surface area contributed by atoms with Crippen LogP contribution in [0.2, 0.25) is 0 Å². The summed E-state index contributed by atoms with van der Waals surface area (Å²) in [7, 11) is 0. The first-order chi connectivity index (χ1) is 8.33. The van der Waals surface area contributed by atoms with Crippen LogP contribution in [0.1, 0.15) is 11.1 Å². The number of aromatic nitrogens is 1. The quantitative estimate of drug-likeness (QED) is 0.897. The summed E-state index contributed by atoms with van der Waals surface area (Å²) in [6.45, 7) is 0.453. The van der Waals surface area contributed by atoms with Crippen molar-refractivity contribution >= 4 is 11.8 Å². The summed E-state index contributed by atoms with van der Waals surface area (Å²) in [6, 6.07) is 11.8. The monoisotopic (exact) mass is 241 g/mol. The van der Waals surface area contributed by atoms with Crippen LogP contribution in [0.25, 0.3) is 0 Å². The molecule has 2 aromatic rings. The largest absolute Gasteiger partial charge is 0.326 e. The van der Waals surface area contributed by atoms with Crippen molar-refractivity contribution in [1.29, 1.82) is 5.26 Å². The van der Waals surface area contributed by atoms with Gasteiger partial charge in [-0.3, -0.25) is 4.98 Å². The van der Waals surface area contributed by atoms with Gasteiger partial charge in [-0.1, -0.05) is 17.8 Å². The molecule has 4 heteroatoms. The van der Waals surface area contributed by atoms with Crippen LogP contribution in [0, 0.1) is 11.3 Å². The molecule has 1 heterocycles. The van der Waals surface area contributed by atoms with Crippen LogP contribution < -0.4 is 5.73 Å². The number of rotatable bonds is 3. The van der Waals surface area contributed by atoms with E-state index < -0.39 is 0 Å². The molecule has 17 heavy (non-hydrogen) atoms. The Morgan fingerprint density at radius 1 is 1.24 bits per heavy atom. The molecule has 0 aliphatic heterocycles. The molecule has 2 rings (SSSR count). The van der Waals surface area contributed by atoms with Crippen molar-refractivity contribution in [2.45, 2.75) is 16.3 Å². The Hall–Kier alpha value is -1.83. The van der Waals surface area contributed by atoms with Crippen LogP contribution in [0.15, 0.2) is 52.5 Å². The van der Waals surface area contributed by atoms with Crippen LogP contribution in [0.4, 0.5) is 0 Å². The van der Waals surface area contributed by atoms with Gasteiger partial charge in [-0.2, -0.15) is 5.26 Å². The molecule has 0 spiro atoms. The van der Waals surface area contributed by atoms with Crippen molar-refractivity contribution in [2.24, 2.45) is 5.73 Å². The fourth-order valence-corrected chi connectivity index (χ4v) is 2.28. The molecule has 0 saturated heterocycles. The molecule has 1 aromatic carbocycles. The summed E-state index contributed by atoms with van der Waals surface area (Å²) in [4.78, 5) is 5.97. The van der Waals surface area contributed by atoms with Crippen molar-refractivity contribution in [3.63, 3.8) is 0 Å². The van der Waals surface area contributed by atoms with E-state index in [1.165, 1.54) is 0 Å². The Bertz CT molecular complexity index is 546. The zero-order valence-corrected chi connectivity index (χ0v) is 9.95. The van der Waals surface area contributed by atoms with Crippen LogP contribution in [-0.4, -0.2) is 4.98 Å². The highest BCUT2D eigenvalue weighted by Crippen LogP contribution is 2.30. The summed E-state index contributed by atoms with van der Waals surface area (Å²) < 4.78 is 0. The van der Waals surface area contributed by atoms with Crippen LogP contribution >= 0.6 is 11.8 Å². The van der Waals surface area contributed by atoms with Crippen molar-refractivity contribution in [3.8, 4) is 6.07 Å². The third-order valence-corrected chi connectivity index (χ3v) is 3.36. The van der Waals surface area contributed by atoms with Crippen LogP contribution in [0.3, 0.4) is 0 Å². The summed E-state index contributed by atoms with van der Waals surface area (Å²) in [6.07, 6.45) is 3.48. The highest BCUT2D eigenvalue weighted by molar-refractivity contribution is 7.99. The highest BCUT2D eigenvalue weighted by Gasteiger charge is 2.04. The minimum atomic E-state index is 0.453. The predicted molar refractivity (Wildman–Crippen MR) is 67.4 cm³/mol. The molecule has 0 radical (unpaired) electrons. The summed E-state index contributed by atoms with van der Waals surface area (Å²) >= 11 is 1.55. The fourth-order valence-electron chi connectivity index (χ4n) is 1.41. The first-order valence-electron chi connectivity index (χ1n) is 5.14. The van der Waals surface area contributed by atoms with Crippen LogP contribution in [0.5, 0.6) is 0 Å². The van der Waals surface area contributed by atoms with E-state index in [0.29, 0.717) is 12.1 Å². The average Bonchev–Trinajstić information content (AvgIpc) is 2.40. The van der Waals surface area contributed by atoms with Gasteiger partial charge in [0.1, 0.15) is 6.07 Å². The average molecular weight is 241 g/mol. The van der Waals surface area contributed by atoms with Crippen molar-refractivity contribution in [2.75, 3.05) is 0 Å². The number of nitriles is 1. The topological polar surface area (TPSA) is 62.7 Å². The van der Waals surface area contributed by atoms with Gasteiger partial charge in [-0.25, -0.2) is 0 Å². The molecule has 0 amide bonds. The molecular formula is C13H11N3S. The molecule has 0 aliphatic rings. The molecule has 0 saturated carbocycles. The maximum absolute atomic E-state index is 9.10. The predicted octanol–water partition coefficient (Wildman–Crippen LogP) is 2.56.